The number of nitrogens with one attached hydrogen (secondary N) is 1. The molecule has 0 aromatic heterocycles. The second-order valence-electron chi connectivity index (χ2n) is 9.69. The molecule has 0 aliphatic carbocycles. The number of anilines is 1. The maximum absolute atomic E-state index is 11.6. The van der Waals surface area contributed by atoms with E-state index < -0.39 is 12.4 Å². The third-order valence-electron chi connectivity index (χ3n) is 6.88. The first kappa shape index (κ1) is 27.0. The van der Waals surface area contributed by atoms with Gasteiger partial charge in [0.05, 0.1) is 24.9 Å². The van der Waals surface area contributed by atoms with Gasteiger partial charge in [-0.05, 0) is 42.8 Å². The Bertz CT molecular complexity index is 1150. The molecule has 196 valence electrons. The van der Waals surface area contributed by atoms with E-state index >= 15 is 0 Å². The average molecular weight is 505 g/mol. The Morgan fingerprint density at radius 1 is 1.03 bits per heavy atom. The fraction of sp³-hybridized carbons (Fsp3) is 0.367. The predicted molar refractivity (Wildman–Crippen MR) is 143 cm³/mol. The number of likely N-dealkylation sites (N-methyl/N-ethyl adjacent to an activating group) is 1. The highest BCUT2D eigenvalue weighted by atomic mass is 16.7. The zero-order valence-electron chi connectivity index (χ0n) is 21.6. The van der Waals surface area contributed by atoms with Gasteiger partial charge in [-0.2, -0.15) is 0 Å². The van der Waals surface area contributed by atoms with E-state index in [0.717, 1.165) is 22.3 Å². The highest BCUT2D eigenvalue weighted by Gasteiger charge is 2.34. The van der Waals surface area contributed by atoms with Gasteiger partial charge in [0.25, 0.3) is 0 Å². The number of hydrogen-bond acceptors (Lipinski definition) is 6. The first-order valence-corrected chi connectivity index (χ1v) is 12.7. The van der Waals surface area contributed by atoms with Gasteiger partial charge < -0.3 is 25.0 Å². The number of nitrogens with zero attached hydrogens (tertiary/aromatic N) is 1. The maximum atomic E-state index is 11.6. The van der Waals surface area contributed by atoms with Crippen molar-refractivity contribution in [2.45, 2.75) is 57.5 Å². The number of benzene rings is 3. The van der Waals surface area contributed by atoms with Crippen molar-refractivity contribution < 1.29 is 24.5 Å². The van der Waals surface area contributed by atoms with E-state index in [-0.39, 0.29) is 30.8 Å². The second kappa shape index (κ2) is 12.4. The molecule has 3 aromatic carbocycles. The van der Waals surface area contributed by atoms with Crippen molar-refractivity contribution in [3.05, 3.63) is 101 Å². The number of carbonyl (C=O) groups is 1. The molecule has 7 nitrogen and oxygen atoms in total. The second-order valence-corrected chi connectivity index (χ2v) is 9.69. The maximum Gasteiger partial charge on any atom is 0.221 e. The summed E-state index contributed by atoms with van der Waals surface area (Å²) in [5, 5.41) is 23.2. The monoisotopic (exact) mass is 504 g/mol. The van der Waals surface area contributed by atoms with Crippen LogP contribution in [0.3, 0.4) is 0 Å². The lowest BCUT2D eigenvalue weighted by molar-refractivity contribution is -0.253. The van der Waals surface area contributed by atoms with E-state index in [1.807, 2.05) is 92.8 Å². The molecule has 7 heteroatoms. The Morgan fingerprint density at radius 2 is 1.76 bits per heavy atom. The quantitative estimate of drug-likeness (QED) is 0.390. The van der Waals surface area contributed by atoms with Gasteiger partial charge in [0.2, 0.25) is 5.91 Å². The highest BCUT2D eigenvalue weighted by molar-refractivity contribution is 5.88. The summed E-state index contributed by atoms with van der Waals surface area (Å²) >= 11 is 0. The zero-order valence-corrected chi connectivity index (χ0v) is 21.6. The van der Waals surface area contributed by atoms with Crippen LogP contribution in [-0.2, 0) is 20.9 Å². The number of hydrogen-bond donors (Lipinski definition) is 3. The molecule has 3 aromatic rings. The van der Waals surface area contributed by atoms with Crippen molar-refractivity contribution in [2.75, 3.05) is 18.9 Å². The summed E-state index contributed by atoms with van der Waals surface area (Å²) in [6.07, 6.45) is -1.00. The molecule has 0 radical (unpaired) electrons. The summed E-state index contributed by atoms with van der Waals surface area (Å²) in [6.45, 7) is 4.07. The molecule has 1 amide bonds. The molecule has 1 aliphatic heterocycles. The Morgan fingerprint density at radius 3 is 2.43 bits per heavy atom. The minimum Gasteiger partial charge on any atom is -0.392 e. The molecule has 3 N–H and O–H groups in total. The Kier molecular flexibility index (Phi) is 9.08. The van der Waals surface area contributed by atoms with Crippen LogP contribution in [0.4, 0.5) is 5.69 Å². The minimum atomic E-state index is -0.627. The summed E-state index contributed by atoms with van der Waals surface area (Å²) in [7, 11) is 1.99. The van der Waals surface area contributed by atoms with Gasteiger partial charge in [0.15, 0.2) is 6.29 Å². The van der Waals surface area contributed by atoms with Gasteiger partial charge in [-0.3, -0.25) is 9.69 Å². The number of aliphatic hydroxyl groups is 2. The summed E-state index contributed by atoms with van der Waals surface area (Å²) < 4.78 is 12.9. The van der Waals surface area contributed by atoms with E-state index in [2.05, 4.69) is 10.2 Å². The van der Waals surface area contributed by atoms with Crippen molar-refractivity contribution in [2.24, 2.45) is 0 Å². The topological polar surface area (TPSA) is 91.3 Å². The van der Waals surface area contributed by atoms with Gasteiger partial charge in [-0.15, -0.1) is 0 Å². The van der Waals surface area contributed by atoms with Crippen LogP contribution in [0.15, 0.2) is 78.9 Å². The zero-order chi connectivity index (χ0) is 26.4. The van der Waals surface area contributed by atoms with Crippen molar-refractivity contribution in [1.82, 2.24) is 4.90 Å². The van der Waals surface area contributed by atoms with Crippen LogP contribution in [0.1, 0.15) is 61.0 Å². The van der Waals surface area contributed by atoms with Gasteiger partial charge >= 0.3 is 0 Å². The normalized spacial score (nSPS) is 21.4. The standard InChI is InChI=1S/C30H36N2O5/c1-20(29(35)24-8-5-4-6-9-24)32(3)18-27-17-28(23-14-12-22(19-33)13-15-23)37-30(36-27)25-10-7-11-26(16-25)31-21(2)34/h4-16,20,27-30,33,35H,17-19H2,1-3H3,(H,31,34)/t20-,27+,28-,29-,30-/m1/s1. The lowest BCUT2D eigenvalue weighted by atomic mass is 9.98. The fourth-order valence-corrected chi connectivity index (χ4v) is 4.66. The molecule has 5 atom stereocenters. The molecule has 0 unspecified atom stereocenters. The van der Waals surface area contributed by atoms with Gasteiger partial charge in [0, 0.05) is 37.2 Å². The van der Waals surface area contributed by atoms with E-state index in [1.165, 1.54) is 6.92 Å². The molecule has 1 aliphatic rings. The largest absolute Gasteiger partial charge is 0.392 e. The Hall–Kier alpha value is -3.07. The molecular formula is C30H36N2O5. The van der Waals surface area contributed by atoms with Crippen LogP contribution in [0.25, 0.3) is 0 Å². The molecule has 37 heavy (non-hydrogen) atoms. The van der Waals surface area contributed by atoms with Crippen LogP contribution in [-0.4, -0.2) is 46.8 Å². The highest BCUT2D eigenvalue weighted by Crippen LogP contribution is 2.39. The van der Waals surface area contributed by atoms with E-state index in [0.29, 0.717) is 18.7 Å². The van der Waals surface area contributed by atoms with Crippen LogP contribution >= 0.6 is 0 Å². The van der Waals surface area contributed by atoms with Crippen molar-refractivity contribution in [1.29, 1.82) is 0 Å². The van der Waals surface area contributed by atoms with Crippen LogP contribution < -0.4 is 5.32 Å². The summed E-state index contributed by atoms with van der Waals surface area (Å²) in [5.74, 6) is -0.144. The molecule has 0 spiro atoms. The van der Waals surface area contributed by atoms with Crippen molar-refractivity contribution >= 4 is 11.6 Å². The number of rotatable bonds is 9. The van der Waals surface area contributed by atoms with Crippen LogP contribution in [0.2, 0.25) is 0 Å². The smallest absolute Gasteiger partial charge is 0.221 e. The molecular weight excluding hydrogens is 468 g/mol. The van der Waals surface area contributed by atoms with Gasteiger partial charge in [-0.25, -0.2) is 0 Å². The third kappa shape index (κ3) is 7.03. The SMILES string of the molecule is CC(=O)Nc1cccc([C@@H]2O[C@H](CN(C)[C@H](C)[C@@H](O)c3ccccc3)C[C@H](c3ccc(CO)cc3)O2)c1. The molecule has 4 rings (SSSR count). The molecule has 1 saturated heterocycles. The Labute approximate surface area is 218 Å². The minimum absolute atomic E-state index is 0.0114. The van der Waals surface area contributed by atoms with Gasteiger partial charge in [-0.1, -0.05) is 66.7 Å². The summed E-state index contributed by atoms with van der Waals surface area (Å²) in [5.41, 5.74) is 4.22. The van der Waals surface area contributed by atoms with Crippen LogP contribution in [0, 0.1) is 0 Å². The number of amides is 1. The fourth-order valence-electron chi connectivity index (χ4n) is 4.66. The van der Waals surface area contributed by atoms with E-state index in [1.54, 1.807) is 0 Å². The Balaban J connectivity index is 1.54. The van der Waals surface area contributed by atoms with E-state index in [4.69, 9.17) is 9.47 Å². The van der Waals surface area contributed by atoms with Crippen LogP contribution in [0.5, 0.6) is 0 Å². The van der Waals surface area contributed by atoms with Crippen molar-refractivity contribution in [3.8, 4) is 0 Å². The molecule has 0 saturated carbocycles. The molecule has 1 fully saturated rings. The first-order valence-electron chi connectivity index (χ1n) is 12.7. The van der Waals surface area contributed by atoms with E-state index in [9.17, 15) is 15.0 Å². The number of carbonyl (C=O) groups excluding carboxylic acids is 1. The average Bonchev–Trinajstić information content (AvgIpc) is 2.92. The number of ether oxygens (including phenoxy) is 2. The first-order chi connectivity index (χ1) is 17.8. The summed E-state index contributed by atoms with van der Waals surface area (Å²) in [4.78, 5) is 13.7. The predicted octanol–water partition coefficient (Wildman–Crippen LogP) is 4.74. The lowest BCUT2D eigenvalue weighted by Crippen LogP contribution is -2.43. The molecule has 1 heterocycles. The lowest BCUT2D eigenvalue weighted by Gasteiger charge is -2.39. The molecule has 0 bridgehead atoms. The third-order valence-corrected chi connectivity index (χ3v) is 6.88. The van der Waals surface area contributed by atoms with Crippen molar-refractivity contribution in [3.63, 3.8) is 0 Å². The number of aliphatic hydroxyl groups excluding tert-OH is 2. The summed E-state index contributed by atoms with van der Waals surface area (Å²) in [6, 6.07) is 24.8. The van der Waals surface area contributed by atoms with Gasteiger partial charge in [0.1, 0.15) is 0 Å².